The quantitative estimate of drug-likeness (QED) is 0.705. The van der Waals surface area contributed by atoms with E-state index >= 15 is 0 Å². The highest BCUT2D eigenvalue weighted by Crippen LogP contribution is 2.33. The van der Waals surface area contributed by atoms with E-state index in [9.17, 15) is 4.79 Å². The average molecular weight is 414 g/mol. The van der Waals surface area contributed by atoms with Gasteiger partial charge < -0.3 is 14.5 Å². The lowest BCUT2D eigenvalue weighted by Crippen LogP contribution is -2.53. The molecule has 2 aromatic carbocycles. The lowest BCUT2D eigenvalue weighted by Gasteiger charge is -2.39. The van der Waals surface area contributed by atoms with Crippen LogP contribution in [0.4, 0.5) is 16.2 Å². The first-order valence-electron chi connectivity index (χ1n) is 10.3. The number of nitrogens with zero attached hydrogens (tertiary/aromatic N) is 3. The topological polar surface area (TPSA) is 36.0 Å². The van der Waals surface area contributed by atoms with E-state index in [2.05, 4.69) is 17.9 Å². The maximum absolute atomic E-state index is 13.4. The summed E-state index contributed by atoms with van der Waals surface area (Å²) in [6, 6.07) is 13.9. The molecule has 5 nitrogen and oxygen atoms in total. The number of methoxy groups -OCH3 is 1. The summed E-state index contributed by atoms with van der Waals surface area (Å²) in [5, 5.41) is 0.749. The summed E-state index contributed by atoms with van der Waals surface area (Å²) in [5.41, 5.74) is 3.31. The molecule has 0 unspecified atom stereocenters. The fourth-order valence-electron chi connectivity index (χ4n) is 3.85. The van der Waals surface area contributed by atoms with Gasteiger partial charge in [0.25, 0.3) is 0 Å². The number of aryl methyl sites for hydroxylation is 1. The van der Waals surface area contributed by atoms with Crippen molar-refractivity contribution in [3.8, 4) is 5.75 Å². The summed E-state index contributed by atoms with van der Waals surface area (Å²) in [6.07, 6.45) is 2.42. The number of anilines is 2. The zero-order valence-corrected chi connectivity index (χ0v) is 17.9. The number of halogens is 1. The van der Waals surface area contributed by atoms with E-state index in [1.165, 1.54) is 18.4 Å². The molecule has 1 heterocycles. The van der Waals surface area contributed by atoms with Gasteiger partial charge in [0.1, 0.15) is 5.75 Å². The minimum absolute atomic E-state index is 0.101. The summed E-state index contributed by atoms with van der Waals surface area (Å²) < 4.78 is 5.26. The van der Waals surface area contributed by atoms with Crippen LogP contribution in [0.3, 0.4) is 0 Å². The zero-order chi connectivity index (χ0) is 20.4. The molecule has 0 radical (unpaired) electrons. The van der Waals surface area contributed by atoms with Crippen LogP contribution < -0.4 is 14.5 Å². The minimum Gasteiger partial charge on any atom is -0.497 e. The minimum atomic E-state index is 0.101. The molecular formula is C23H28ClN3O2. The first kappa shape index (κ1) is 19.9. The summed E-state index contributed by atoms with van der Waals surface area (Å²) in [4.78, 5) is 19.6. The van der Waals surface area contributed by atoms with Crippen LogP contribution in [0.2, 0.25) is 5.02 Å². The number of hydrogen-bond acceptors (Lipinski definition) is 3. The number of amides is 2. The lowest BCUT2D eigenvalue weighted by atomic mass is 10.1. The van der Waals surface area contributed by atoms with Gasteiger partial charge in [0, 0.05) is 49.1 Å². The van der Waals surface area contributed by atoms with Crippen molar-refractivity contribution in [3.05, 3.63) is 53.1 Å². The molecule has 0 aromatic heterocycles. The highest BCUT2D eigenvalue weighted by molar-refractivity contribution is 6.30. The van der Waals surface area contributed by atoms with Crippen molar-refractivity contribution in [2.24, 2.45) is 5.92 Å². The van der Waals surface area contributed by atoms with Crippen LogP contribution in [0, 0.1) is 12.8 Å². The van der Waals surface area contributed by atoms with Crippen molar-refractivity contribution in [2.45, 2.75) is 19.8 Å². The van der Waals surface area contributed by atoms with Crippen molar-refractivity contribution >= 4 is 29.0 Å². The Morgan fingerprint density at radius 3 is 2.41 bits per heavy atom. The molecule has 4 rings (SSSR count). The molecule has 2 fully saturated rings. The van der Waals surface area contributed by atoms with Crippen LogP contribution in [0.15, 0.2) is 42.5 Å². The summed E-state index contributed by atoms with van der Waals surface area (Å²) in [7, 11) is 1.66. The third-order valence-corrected chi connectivity index (χ3v) is 6.05. The smallest absolute Gasteiger partial charge is 0.324 e. The molecule has 0 atom stereocenters. The fraction of sp³-hybridized carbons (Fsp3) is 0.435. The molecular weight excluding hydrogens is 386 g/mol. The van der Waals surface area contributed by atoms with Gasteiger partial charge in [-0.25, -0.2) is 4.79 Å². The highest BCUT2D eigenvalue weighted by atomic mass is 35.5. The van der Waals surface area contributed by atoms with E-state index < -0.39 is 0 Å². The average Bonchev–Trinajstić information content (AvgIpc) is 3.58. The van der Waals surface area contributed by atoms with Crippen molar-refractivity contribution < 1.29 is 9.53 Å². The molecule has 2 amide bonds. The molecule has 2 aliphatic rings. The van der Waals surface area contributed by atoms with Crippen LogP contribution in [-0.2, 0) is 0 Å². The van der Waals surface area contributed by atoms with Crippen LogP contribution in [0.25, 0.3) is 0 Å². The molecule has 154 valence electrons. The Labute approximate surface area is 177 Å². The maximum atomic E-state index is 13.4. The third-order valence-electron chi connectivity index (χ3n) is 5.81. The van der Waals surface area contributed by atoms with Gasteiger partial charge in [-0.15, -0.1) is 0 Å². The van der Waals surface area contributed by atoms with Crippen LogP contribution in [0.1, 0.15) is 18.4 Å². The molecule has 1 aliphatic heterocycles. The van der Waals surface area contributed by atoms with Crippen LogP contribution in [0.5, 0.6) is 5.75 Å². The van der Waals surface area contributed by atoms with Gasteiger partial charge >= 0.3 is 6.03 Å². The van der Waals surface area contributed by atoms with Crippen molar-refractivity contribution in [2.75, 3.05) is 49.6 Å². The normalized spacial score (nSPS) is 16.7. The predicted octanol–water partition coefficient (Wildman–Crippen LogP) is 4.82. The zero-order valence-electron chi connectivity index (χ0n) is 17.1. The second-order valence-corrected chi connectivity index (χ2v) is 8.38. The molecule has 1 saturated carbocycles. The van der Waals surface area contributed by atoms with Gasteiger partial charge in [-0.05, 0) is 67.6 Å². The van der Waals surface area contributed by atoms with E-state index in [0.29, 0.717) is 19.0 Å². The molecule has 0 bridgehead atoms. The molecule has 29 heavy (non-hydrogen) atoms. The fourth-order valence-corrected chi connectivity index (χ4v) is 4.01. The number of piperazine rings is 1. The summed E-state index contributed by atoms with van der Waals surface area (Å²) >= 11 is 6.19. The second-order valence-electron chi connectivity index (χ2n) is 7.94. The van der Waals surface area contributed by atoms with Crippen molar-refractivity contribution in [1.29, 1.82) is 0 Å². The number of ether oxygens (including phenoxy) is 1. The second kappa shape index (κ2) is 8.54. The van der Waals surface area contributed by atoms with E-state index in [4.69, 9.17) is 16.3 Å². The number of carbonyl (C=O) groups is 1. The standard InChI is InChI=1S/C23H28ClN3O2/c1-17-3-6-19(24)15-22(17)25-11-13-26(14-12-25)23(28)27(16-18-4-5-18)20-7-9-21(29-2)10-8-20/h3,6-10,15,18H,4-5,11-14,16H2,1-2H3. The molecule has 6 heteroatoms. The van der Waals surface area contributed by atoms with Crippen molar-refractivity contribution in [3.63, 3.8) is 0 Å². The Morgan fingerprint density at radius 1 is 1.10 bits per heavy atom. The van der Waals surface area contributed by atoms with Gasteiger partial charge in [-0.2, -0.15) is 0 Å². The van der Waals surface area contributed by atoms with Gasteiger partial charge in [0.15, 0.2) is 0 Å². The Kier molecular flexibility index (Phi) is 5.86. The molecule has 0 N–H and O–H groups in total. The molecule has 0 spiro atoms. The molecule has 1 aliphatic carbocycles. The number of hydrogen-bond donors (Lipinski definition) is 0. The third kappa shape index (κ3) is 4.61. The van der Waals surface area contributed by atoms with Gasteiger partial charge in [0.05, 0.1) is 7.11 Å². The first-order chi connectivity index (χ1) is 14.0. The van der Waals surface area contributed by atoms with Gasteiger partial charge in [0.2, 0.25) is 0 Å². The van der Waals surface area contributed by atoms with Gasteiger partial charge in [-0.3, -0.25) is 4.90 Å². The van der Waals surface area contributed by atoms with Crippen molar-refractivity contribution in [1.82, 2.24) is 4.90 Å². The van der Waals surface area contributed by atoms with Crippen LogP contribution >= 0.6 is 11.6 Å². The monoisotopic (exact) mass is 413 g/mol. The van der Waals surface area contributed by atoms with E-state index in [0.717, 1.165) is 41.8 Å². The number of urea groups is 1. The Balaban J connectivity index is 1.45. The number of benzene rings is 2. The Bertz CT molecular complexity index is 859. The highest BCUT2D eigenvalue weighted by Gasteiger charge is 2.31. The number of rotatable bonds is 5. The van der Waals surface area contributed by atoms with E-state index in [-0.39, 0.29) is 6.03 Å². The Hall–Kier alpha value is -2.40. The van der Waals surface area contributed by atoms with E-state index in [1.807, 2.05) is 46.2 Å². The van der Waals surface area contributed by atoms with Gasteiger partial charge in [-0.1, -0.05) is 17.7 Å². The number of carbonyl (C=O) groups excluding carboxylic acids is 1. The Morgan fingerprint density at radius 2 is 1.79 bits per heavy atom. The summed E-state index contributed by atoms with van der Waals surface area (Å²) in [6.45, 7) is 5.94. The molecule has 2 aromatic rings. The van der Waals surface area contributed by atoms with Crippen LogP contribution in [-0.4, -0.2) is 50.8 Å². The predicted molar refractivity (Wildman–Crippen MR) is 118 cm³/mol. The lowest BCUT2D eigenvalue weighted by molar-refractivity contribution is 0.200. The van der Waals surface area contributed by atoms with E-state index in [1.54, 1.807) is 7.11 Å². The largest absolute Gasteiger partial charge is 0.497 e. The maximum Gasteiger partial charge on any atom is 0.324 e. The SMILES string of the molecule is COc1ccc(N(CC2CC2)C(=O)N2CCN(c3cc(Cl)ccc3C)CC2)cc1. The first-order valence-corrected chi connectivity index (χ1v) is 10.6. The molecule has 1 saturated heterocycles. The summed E-state index contributed by atoms with van der Waals surface area (Å²) in [5.74, 6) is 1.43.